The average Bonchev–Trinajstić information content (AvgIpc) is 2.70. The van der Waals surface area contributed by atoms with E-state index in [4.69, 9.17) is 0 Å². The summed E-state index contributed by atoms with van der Waals surface area (Å²) >= 11 is 0. The Bertz CT molecular complexity index is 1170. The van der Waals surface area contributed by atoms with Crippen molar-refractivity contribution in [2.45, 2.75) is 19.6 Å². The second-order valence-corrected chi connectivity index (χ2v) is 6.77. The van der Waals surface area contributed by atoms with E-state index in [2.05, 4.69) is 10.6 Å². The molecule has 0 aliphatic rings. The minimum absolute atomic E-state index is 0.116. The molecule has 6 nitrogen and oxygen atoms in total. The van der Waals surface area contributed by atoms with Crippen LogP contribution in [0.25, 0.3) is 0 Å². The molecular formula is C22H18F3N3O3. The van der Waals surface area contributed by atoms with Crippen LogP contribution in [-0.4, -0.2) is 16.4 Å². The van der Waals surface area contributed by atoms with Gasteiger partial charge in [0.25, 0.3) is 11.5 Å². The molecule has 1 aromatic heterocycles. The Morgan fingerprint density at radius 1 is 0.935 bits per heavy atom. The van der Waals surface area contributed by atoms with Crippen LogP contribution in [0.1, 0.15) is 28.4 Å². The van der Waals surface area contributed by atoms with Gasteiger partial charge in [0, 0.05) is 24.5 Å². The number of amides is 2. The minimum Gasteiger partial charge on any atom is -0.326 e. The van der Waals surface area contributed by atoms with Crippen LogP contribution in [0.15, 0.2) is 71.7 Å². The lowest BCUT2D eigenvalue weighted by Gasteiger charge is -2.11. The Kier molecular flexibility index (Phi) is 6.24. The van der Waals surface area contributed by atoms with Crippen molar-refractivity contribution in [3.05, 3.63) is 93.9 Å². The highest BCUT2D eigenvalue weighted by Crippen LogP contribution is 2.29. The monoisotopic (exact) mass is 429 g/mol. The smallest absolute Gasteiger partial charge is 0.326 e. The molecule has 0 aliphatic heterocycles. The first kappa shape index (κ1) is 21.8. The van der Waals surface area contributed by atoms with Crippen LogP contribution in [0.4, 0.5) is 24.5 Å². The van der Waals surface area contributed by atoms with Gasteiger partial charge in [-0.1, -0.05) is 12.1 Å². The summed E-state index contributed by atoms with van der Waals surface area (Å²) in [6.45, 7) is 1.25. The number of benzene rings is 2. The SMILES string of the molecule is CC(=O)Nc1ccc(NC(=O)c2cccn(Cc3cccc(C(F)(F)F)c3)c2=O)cc1. The van der Waals surface area contributed by atoms with E-state index in [1.165, 1.54) is 42.0 Å². The van der Waals surface area contributed by atoms with Crippen molar-refractivity contribution in [2.24, 2.45) is 0 Å². The van der Waals surface area contributed by atoms with E-state index < -0.39 is 23.2 Å². The molecule has 2 amide bonds. The molecular weight excluding hydrogens is 411 g/mol. The first-order chi connectivity index (χ1) is 14.6. The summed E-state index contributed by atoms with van der Waals surface area (Å²) < 4.78 is 39.9. The van der Waals surface area contributed by atoms with Crippen LogP contribution in [0.3, 0.4) is 0 Å². The maximum Gasteiger partial charge on any atom is 0.416 e. The minimum atomic E-state index is -4.49. The normalized spacial score (nSPS) is 11.1. The second kappa shape index (κ2) is 8.86. The third kappa shape index (κ3) is 5.59. The molecule has 2 N–H and O–H groups in total. The highest BCUT2D eigenvalue weighted by molar-refractivity contribution is 6.04. The van der Waals surface area contributed by atoms with Crippen LogP contribution < -0.4 is 16.2 Å². The predicted octanol–water partition coefficient (Wildman–Crippen LogP) is 4.13. The Labute approximate surface area is 175 Å². The number of hydrogen-bond donors (Lipinski definition) is 2. The van der Waals surface area contributed by atoms with Gasteiger partial charge in [-0.25, -0.2) is 0 Å². The third-order valence-electron chi connectivity index (χ3n) is 4.34. The molecule has 31 heavy (non-hydrogen) atoms. The number of halogens is 3. The topological polar surface area (TPSA) is 80.2 Å². The van der Waals surface area contributed by atoms with Crippen molar-refractivity contribution in [1.29, 1.82) is 0 Å². The molecule has 1 heterocycles. The standard InChI is InChI=1S/C22H18F3N3O3/c1-14(29)26-17-7-9-18(10-8-17)27-20(30)19-6-3-11-28(21(19)31)13-15-4-2-5-16(12-15)22(23,24)25/h2-12H,13H2,1H3,(H,26,29)(H,27,30). The number of carbonyl (C=O) groups excluding carboxylic acids is 2. The van der Waals surface area contributed by atoms with E-state index in [9.17, 15) is 27.6 Å². The van der Waals surface area contributed by atoms with Gasteiger partial charge in [-0.05, 0) is 54.1 Å². The molecule has 0 fully saturated rings. The number of anilines is 2. The fraction of sp³-hybridized carbons (Fsp3) is 0.136. The predicted molar refractivity (Wildman–Crippen MR) is 110 cm³/mol. The van der Waals surface area contributed by atoms with Crippen molar-refractivity contribution in [3.8, 4) is 0 Å². The molecule has 9 heteroatoms. The van der Waals surface area contributed by atoms with Gasteiger partial charge in [-0.15, -0.1) is 0 Å². The summed E-state index contributed by atoms with van der Waals surface area (Å²) in [4.78, 5) is 36.3. The van der Waals surface area contributed by atoms with Crippen LogP contribution in [-0.2, 0) is 17.5 Å². The van der Waals surface area contributed by atoms with Crippen molar-refractivity contribution >= 4 is 23.2 Å². The molecule has 0 saturated carbocycles. The van der Waals surface area contributed by atoms with Gasteiger partial charge in [0.15, 0.2) is 0 Å². The number of hydrogen-bond acceptors (Lipinski definition) is 3. The molecule has 160 valence electrons. The van der Waals surface area contributed by atoms with Gasteiger partial charge < -0.3 is 15.2 Å². The molecule has 0 spiro atoms. The Morgan fingerprint density at radius 3 is 2.19 bits per heavy atom. The molecule has 3 aromatic rings. The maximum absolute atomic E-state index is 12.9. The molecule has 0 unspecified atom stereocenters. The van der Waals surface area contributed by atoms with E-state index in [1.54, 1.807) is 24.3 Å². The van der Waals surface area contributed by atoms with Gasteiger partial charge in [0.05, 0.1) is 12.1 Å². The number of aromatic nitrogens is 1. The highest BCUT2D eigenvalue weighted by Gasteiger charge is 2.30. The van der Waals surface area contributed by atoms with Crippen LogP contribution >= 0.6 is 0 Å². The van der Waals surface area contributed by atoms with E-state index in [0.717, 1.165) is 12.1 Å². The van der Waals surface area contributed by atoms with Crippen molar-refractivity contribution in [1.82, 2.24) is 4.57 Å². The summed E-state index contributed by atoms with van der Waals surface area (Å²) in [5.41, 5.74) is -0.356. The Balaban J connectivity index is 1.78. The van der Waals surface area contributed by atoms with Gasteiger partial charge >= 0.3 is 6.18 Å². The lowest BCUT2D eigenvalue weighted by Crippen LogP contribution is -2.29. The lowest BCUT2D eigenvalue weighted by molar-refractivity contribution is -0.137. The lowest BCUT2D eigenvalue weighted by atomic mass is 10.1. The molecule has 0 radical (unpaired) electrons. The molecule has 2 aromatic carbocycles. The number of pyridine rings is 1. The van der Waals surface area contributed by atoms with E-state index >= 15 is 0 Å². The fourth-order valence-corrected chi connectivity index (χ4v) is 2.92. The Morgan fingerprint density at radius 2 is 1.58 bits per heavy atom. The summed E-state index contributed by atoms with van der Waals surface area (Å²) in [5, 5.41) is 5.18. The van der Waals surface area contributed by atoms with E-state index in [1.807, 2.05) is 0 Å². The molecule has 0 saturated heterocycles. The fourth-order valence-electron chi connectivity index (χ4n) is 2.92. The van der Waals surface area contributed by atoms with Crippen LogP contribution in [0.5, 0.6) is 0 Å². The van der Waals surface area contributed by atoms with Gasteiger partial charge in [-0.3, -0.25) is 14.4 Å². The first-order valence-electron chi connectivity index (χ1n) is 9.18. The zero-order valence-electron chi connectivity index (χ0n) is 16.4. The van der Waals surface area contributed by atoms with Crippen molar-refractivity contribution in [2.75, 3.05) is 10.6 Å². The van der Waals surface area contributed by atoms with Gasteiger partial charge in [-0.2, -0.15) is 13.2 Å². The van der Waals surface area contributed by atoms with Gasteiger partial charge in [0.2, 0.25) is 5.91 Å². The maximum atomic E-state index is 12.9. The van der Waals surface area contributed by atoms with E-state index in [0.29, 0.717) is 11.4 Å². The first-order valence-corrected chi connectivity index (χ1v) is 9.18. The zero-order chi connectivity index (χ0) is 22.6. The number of rotatable bonds is 5. The van der Waals surface area contributed by atoms with Crippen molar-refractivity contribution < 1.29 is 22.8 Å². The Hall–Kier alpha value is -3.88. The molecule has 0 atom stereocenters. The summed E-state index contributed by atoms with van der Waals surface area (Å²) in [6, 6.07) is 13.8. The summed E-state index contributed by atoms with van der Waals surface area (Å²) in [7, 11) is 0. The largest absolute Gasteiger partial charge is 0.416 e. The van der Waals surface area contributed by atoms with Gasteiger partial charge in [0.1, 0.15) is 5.56 Å². The van der Waals surface area contributed by atoms with Crippen LogP contribution in [0, 0.1) is 0 Å². The number of carbonyl (C=O) groups is 2. The summed E-state index contributed by atoms with van der Waals surface area (Å²) in [5.74, 6) is -0.891. The third-order valence-corrected chi connectivity index (χ3v) is 4.34. The summed E-state index contributed by atoms with van der Waals surface area (Å²) in [6.07, 6.45) is -3.08. The van der Waals surface area contributed by atoms with Crippen molar-refractivity contribution in [3.63, 3.8) is 0 Å². The number of nitrogens with one attached hydrogen (secondary N) is 2. The second-order valence-electron chi connectivity index (χ2n) is 6.77. The van der Waals surface area contributed by atoms with Crippen LogP contribution in [0.2, 0.25) is 0 Å². The highest BCUT2D eigenvalue weighted by atomic mass is 19.4. The zero-order valence-corrected chi connectivity index (χ0v) is 16.4. The van der Waals surface area contributed by atoms with E-state index in [-0.39, 0.29) is 23.6 Å². The quantitative estimate of drug-likeness (QED) is 0.640. The molecule has 0 aliphatic carbocycles. The average molecular weight is 429 g/mol. The molecule has 3 rings (SSSR count). The number of nitrogens with zero attached hydrogens (tertiary/aromatic N) is 1. The molecule has 0 bridgehead atoms. The number of alkyl halides is 3.